The molecule has 0 amide bonds. The molecule has 0 unspecified atom stereocenters. The lowest BCUT2D eigenvalue weighted by Gasteiger charge is -2.09. The van der Waals surface area contributed by atoms with Gasteiger partial charge in [-0.3, -0.25) is 25.0 Å². The Morgan fingerprint density at radius 1 is 0.786 bits per heavy atom. The highest BCUT2D eigenvalue weighted by atomic mass is 32.2. The van der Waals surface area contributed by atoms with Crippen molar-refractivity contribution < 1.29 is 32.7 Å². The van der Waals surface area contributed by atoms with E-state index in [0.717, 1.165) is 18.1 Å². The van der Waals surface area contributed by atoms with Crippen molar-refractivity contribution in [3.8, 4) is 0 Å². The molecule has 13 nitrogen and oxygen atoms in total. The zero-order valence-electron chi connectivity index (χ0n) is 21.2. The zero-order valence-corrected chi connectivity index (χ0v) is 22.8. The average Bonchev–Trinajstić information content (AvgIpc) is 2.99. The van der Waals surface area contributed by atoms with Gasteiger partial charge in [-0.15, -0.1) is 4.33 Å². The average molecular weight is 609 g/mol. The fourth-order valence-electron chi connectivity index (χ4n) is 4.30. The molecule has 0 saturated heterocycles. The SMILES string of the molecule is O=c1c(CO)cc(=NNc2ccc(S(=O)(=O)O)c3ccccc23)c(=O)c1=NNc1ccc(SOOO)c2ccccc12. The summed E-state index contributed by atoms with van der Waals surface area (Å²) in [7, 11) is -4.50. The number of aliphatic hydroxyl groups is 1. The number of benzene rings is 5. The van der Waals surface area contributed by atoms with Crippen LogP contribution in [0.15, 0.2) is 108 Å². The van der Waals surface area contributed by atoms with Crippen LogP contribution in [0, 0.1) is 0 Å². The summed E-state index contributed by atoms with van der Waals surface area (Å²) in [5, 5.41) is 31.3. The number of nitrogens with one attached hydrogen (secondary N) is 2. The van der Waals surface area contributed by atoms with Gasteiger partial charge in [-0.1, -0.05) is 53.6 Å². The Balaban J connectivity index is 1.58. The topological polar surface area (TPSA) is 196 Å². The molecule has 0 spiro atoms. The Hall–Kier alpha value is -4.48. The van der Waals surface area contributed by atoms with Gasteiger partial charge in [0, 0.05) is 26.6 Å². The number of rotatable bonds is 9. The first-order chi connectivity index (χ1) is 20.2. The first-order valence-corrected chi connectivity index (χ1v) is 14.1. The van der Waals surface area contributed by atoms with Crippen LogP contribution in [0.3, 0.4) is 0 Å². The van der Waals surface area contributed by atoms with Gasteiger partial charge in [-0.25, -0.2) is 5.26 Å². The smallest absolute Gasteiger partial charge is 0.295 e. The van der Waals surface area contributed by atoms with E-state index in [0.29, 0.717) is 32.4 Å². The molecule has 5 aromatic rings. The van der Waals surface area contributed by atoms with Crippen LogP contribution >= 0.6 is 12.0 Å². The number of hydrogen-bond donors (Lipinski definition) is 5. The van der Waals surface area contributed by atoms with Crippen molar-refractivity contribution in [1.29, 1.82) is 0 Å². The Labute approximate surface area is 240 Å². The zero-order chi connectivity index (χ0) is 29.9. The minimum Gasteiger partial charge on any atom is -0.392 e. The second-order valence-corrected chi connectivity index (χ2v) is 10.8. The van der Waals surface area contributed by atoms with Crippen LogP contribution in [0.2, 0.25) is 0 Å². The standard InChI is InChI=1S/C27H20N4O9S2/c32-14-15-13-22(30-28-21-10-12-24(42(36,37)38)19-8-4-2-6-17(19)21)27(34)25(26(15)33)31-29-20-9-11-23(41-40-39-35)18-7-3-1-5-16(18)20/h1-13,28-29,32,35H,14H2,(H,36,37,38). The van der Waals surface area contributed by atoms with Crippen LogP contribution in [0.25, 0.3) is 21.5 Å². The van der Waals surface area contributed by atoms with Crippen LogP contribution < -0.4 is 32.4 Å². The second-order valence-electron chi connectivity index (χ2n) is 8.68. The molecule has 0 bridgehead atoms. The molecule has 0 fully saturated rings. The van der Waals surface area contributed by atoms with Gasteiger partial charge in [-0.2, -0.15) is 18.6 Å². The van der Waals surface area contributed by atoms with Crippen LogP contribution in [0.1, 0.15) is 5.56 Å². The summed E-state index contributed by atoms with van der Waals surface area (Å²) >= 11 is 0.771. The van der Waals surface area contributed by atoms with Crippen molar-refractivity contribution >= 4 is 55.1 Å². The normalized spacial score (nSPS) is 12.7. The lowest BCUT2D eigenvalue weighted by Crippen LogP contribution is -2.50. The molecular formula is C27H20N4O9S2. The lowest BCUT2D eigenvalue weighted by molar-refractivity contribution is -0.432. The summed E-state index contributed by atoms with van der Waals surface area (Å²) in [5.74, 6) is 0. The van der Waals surface area contributed by atoms with Crippen molar-refractivity contribution in [2.24, 2.45) is 10.2 Å². The molecule has 5 rings (SSSR count). The lowest BCUT2D eigenvalue weighted by atomic mass is 10.1. The van der Waals surface area contributed by atoms with Gasteiger partial charge in [-0.05, 0) is 35.7 Å². The molecule has 0 aliphatic heterocycles. The number of fused-ring (bicyclic) bond motifs is 2. The molecule has 0 saturated carbocycles. The van der Waals surface area contributed by atoms with E-state index in [4.69, 9.17) is 5.26 Å². The van der Waals surface area contributed by atoms with Gasteiger partial charge in [0.05, 0.1) is 30.0 Å². The highest BCUT2D eigenvalue weighted by Gasteiger charge is 2.16. The molecule has 0 aliphatic rings. The van der Waals surface area contributed by atoms with Crippen LogP contribution in [0.4, 0.5) is 11.4 Å². The molecule has 0 aromatic heterocycles. The van der Waals surface area contributed by atoms with Crippen LogP contribution in [-0.4, -0.2) is 23.3 Å². The number of anilines is 2. The van der Waals surface area contributed by atoms with E-state index in [9.17, 15) is 27.7 Å². The third kappa shape index (κ3) is 5.79. The Morgan fingerprint density at radius 2 is 1.38 bits per heavy atom. The maximum Gasteiger partial charge on any atom is 0.295 e. The molecule has 5 N–H and O–H groups in total. The Morgan fingerprint density at radius 3 is 2.02 bits per heavy atom. The number of nitrogens with zero attached hydrogens (tertiary/aromatic N) is 2. The summed E-state index contributed by atoms with van der Waals surface area (Å²) in [6, 6.07) is 20.4. The third-order valence-corrected chi connectivity index (χ3v) is 7.80. The summed E-state index contributed by atoms with van der Waals surface area (Å²) in [6.45, 7) is -0.683. The van der Waals surface area contributed by atoms with Crippen molar-refractivity contribution in [3.63, 3.8) is 0 Å². The molecule has 42 heavy (non-hydrogen) atoms. The first-order valence-electron chi connectivity index (χ1n) is 12.0. The minimum atomic E-state index is -4.50. The van der Waals surface area contributed by atoms with Crippen LogP contribution in [-0.2, 0) is 26.1 Å². The molecule has 0 radical (unpaired) electrons. The molecular weight excluding hydrogens is 588 g/mol. The largest absolute Gasteiger partial charge is 0.392 e. The van der Waals surface area contributed by atoms with E-state index in [-0.39, 0.29) is 21.2 Å². The fourth-order valence-corrected chi connectivity index (χ4v) is 5.49. The Kier molecular flexibility index (Phi) is 8.41. The van der Waals surface area contributed by atoms with Gasteiger partial charge in [0.15, 0.2) is 5.36 Å². The predicted molar refractivity (Wildman–Crippen MR) is 154 cm³/mol. The predicted octanol–water partition coefficient (Wildman–Crippen LogP) is 2.61. The molecule has 0 heterocycles. The minimum absolute atomic E-state index is 0.125. The second kappa shape index (κ2) is 12.2. The van der Waals surface area contributed by atoms with E-state index < -0.39 is 32.9 Å². The quantitative estimate of drug-likeness (QED) is 0.0711. The number of hydrogen-bond acceptors (Lipinski definition) is 13. The number of aliphatic hydroxyl groups excluding tert-OH is 1. The molecule has 0 aliphatic carbocycles. The highest BCUT2D eigenvalue weighted by molar-refractivity contribution is 7.94. The van der Waals surface area contributed by atoms with Gasteiger partial charge in [0.1, 0.15) is 10.3 Å². The molecule has 5 aromatic carbocycles. The monoisotopic (exact) mass is 608 g/mol. The summed E-state index contributed by atoms with van der Waals surface area (Å²) in [6.07, 6.45) is 0. The Bertz CT molecular complexity index is 2160. The van der Waals surface area contributed by atoms with E-state index in [1.165, 1.54) is 18.2 Å². The maximum atomic E-state index is 13.3. The van der Waals surface area contributed by atoms with E-state index in [1.54, 1.807) is 54.6 Å². The van der Waals surface area contributed by atoms with Crippen molar-refractivity contribution in [2.75, 3.05) is 10.9 Å². The third-order valence-electron chi connectivity index (χ3n) is 6.22. The van der Waals surface area contributed by atoms with E-state index in [2.05, 4.69) is 30.4 Å². The summed E-state index contributed by atoms with van der Waals surface area (Å²) < 4.78 is 37.7. The van der Waals surface area contributed by atoms with Gasteiger partial charge < -0.3 is 5.11 Å². The van der Waals surface area contributed by atoms with Gasteiger partial charge in [0.25, 0.3) is 10.1 Å². The molecule has 214 valence electrons. The van der Waals surface area contributed by atoms with Crippen molar-refractivity contribution in [3.05, 3.63) is 116 Å². The van der Waals surface area contributed by atoms with Crippen LogP contribution in [0.5, 0.6) is 0 Å². The van der Waals surface area contributed by atoms with Crippen molar-refractivity contribution in [1.82, 2.24) is 0 Å². The highest BCUT2D eigenvalue weighted by Crippen LogP contribution is 2.33. The van der Waals surface area contributed by atoms with E-state index in [1.807, 2.05) is 0 Å². The summed E-state index contributed by atoms with van der Waals surface area (Å²) in [4.78, 5) is 26.5. The molecule has 15 heteroatoms. The van der Waals surface area contributed by atoms with Gasteiger partial charge in [0.2, 0.25) is 10.9 Å². The van der Waals surface area contributed by atoms with Gasteiger partial charge >= 0.3 is 0 Å². The molecule has 0 atom stereocenters. The first kappa shape index (κ1) is 29.0. The summed E-state index contributed by atoms with van der Waals surface area (Å²) in [5.41, 5.74) is 4.44. The fraction of sp³-hybridized carbons (Fsp3) is 0.0370. The maximum absolute atomic E-state index is 13.3. The van der Waals surface area contributed by atoms with Crippen molar-refractivity contribution in [2.45, 2.75) is 16.4 Å². The van der Waals surface area contributed by atoms with E-state index >= 15 is 0 Å².